The highest BCUT2D eigenvalue weighted by atomic mass is 79.9. The largest absolute Gasteiger partial charge is 0.485 e. The third-order valence-corrected chi connectivity index (χ3v) is 5.35. The number of carbonyl (C=O) groups is 1. The Morgan fingerprint density at radius 1 is 1.24 bits per heavy atom. The average molecular weight is 417 g/mol. The molecule has 1 aliphatic rings. The van der Waals surface area contributed by atoms with Crippen LogP contribution in [0.3, 0.4) is 0 Å². The second-order valence-electron chi connectivity index (χ2n) is 5.47. The molecule has 2 heterocycles. The zero-order valence-corrected chi connectivity index (χ0v) is 15.3. The van der Waals surface area contributed by atoms with Gasteiger partial charge in [-0.05, 0) is 44.9 Å². The van der Waals surface area contributed by atoms with Crippen LogP contribution in [-0.2, 0) is 4.79 Å². The molecule has 0 saturated heterocycles. The summed E-state index contributed by atoms with van der Waals surface area (Å²) in [6.45, 7) is 0.150. The van der Waals surface area contributed by atoms with Gasteiger partial charge >= 0.3 is 0 Å². The van der Waals surface area contributed by atoms with Crippen LogP contribution in [0.2, 0.25) is 0 Å². The van der Waals surface area contributed by atoms with Crippen LogP contribution in [0.1, 0.15) is 4.88 Å². The van der Waals surface area contributed by atoms with E-state index in [9.17, 15) is 4.79 Å². The van der Waals surface area contributed by atoms with Gasteiger partial charge in [0, 0.05) is 14.7 Å². The van der Waals surface area contributed by atoms with Crippen molar-refractivity contribution in [1.29, 1.82) is 0 Å². The molecule has 1 atom stereocenters. The molecule has 0 spiro atoms. The van der Waals surface area contributed by atoms with Crippen molar-refractivity contribution in [1.82, 2.24) is 5.43 Å². The molecule has 0 bridgehead atoms. The maximum absolute atomic E-state index is 12.2. The van der Waals surface area contributed by atoms with E-state index in [-0.39, 0.29) is 12.5 Å². The van der Waals surface area contributed by atoms with Gasteiger partial charge in [-0.1, -0.05) is 24.3 Å². The molecule has 1 N–H and O–H groups in total. The molecule has 1 aliphatic heterocycles. The first-order chi connectivity index (χ1) is 12.2. The van der Waals surface area contributed by atoms with Crippen LogP contribution in [0, 0.1) is 0 Å². The molecule has 0 fully saturated rings. The van der Waals surface area contributed by atoms with Gasteiger partial charge in [0.15, 0.2) is 11.5 Å². The molecule has 0 aliphatic carbocycles. The Bertz CT molecular complexity index is 970. The molecule has 1 unspecified atom stereocenters. The first-order valence-corrected chi connectivity index (χ1v) is 9.25. The Balaban J connectivity index is 1.45. The number of nitrogens with one attached hydrogen (secondary N) is 1. The number of hydrogen-bond acceptors (Lipinski definition) is 5. The SMILES string of the molecule is O=C(NN=Cc1cc(Br)cs1)C1COc2cc3ccccc3cc2O1. The van der Waals surface area contributed by atoms with E-state index in [0.717, 1.165) is 20.1 Å². The predicted molar refractivity (Wildman–Crippen MR) is 102 cm³/mol. The number of amides is 1. The number of hydrazone groups is 1. The molecule has 126 valence electrons. The van der Waals surface area contributed by atoms with Crippen molar-refractivity contribution in [3.8, 4) is 11.5 Å². The second-order valence-corrected chi connectivity index (χ2v) is 7.32. The first kappa shape index (κ1) is 16.1. The molecule has 25 heavy (non-hydrogen) atoms. The highest BCUT2D eigenvalue weighted by Gasteiger charge is 2.27. The van der Waals surface area contributed by atoms with Gasteiger partial charge in [-0.2, -0.15) is 5.10 Å². The first-order valence-electron chi connectivity index (χ1n) is 7.58. The van der Waals surface area contributed by atoms with Crippen LogP contribution in [0.25, 0.3) is 10.8 Å². The minimum Gasteiger partial charge on any atom is -0.485 e. The summed E-state index contributed by atoms with van der Waals surface area (Å²) in [7, 11) is 0. The Morgan fingerprint density at radius 3 is 2.72 bits per heavy atom. The lowest BCUT2D eigenvalue weighted by Crippen LogP contribution is -2.42. The summed E-state index contributed by atoms with van der Waals surface area (Å²) in [5, 5.41) is 8.02. The predicted octanol–water partition coefficient (Wildman–Crippen LogP) is 3.95. The number of carbonyl (C=O) groups excluding carboxylic acids is 1. The van der Waals surface area contributed by atoms with Crippen LogP contribution in [0.4, 0.5) is 0 Å². The summed E-state index contributed by atoms with van der Waals surface area (Å²) in [5.41, 5.74) is 2.49. The van der Waals surface area contributed by atoms with E-state index in [0.29, 0.717) is 11.5 Å². The molecular formula is C18H13BrN2O3S. The number of rotatable bonds is 3. The average Bonchev–Trinajstić information content (AvgIpc) is 3.04. The monoisotopic (exact) mass is 416 g/mol. The van der Waals surface area contributed by atoms with E-state index in [1.165, 1.54) is 11.3 Å². The van der Waals surface area contributed by atoms with Crippen molar-refractivity contribution in [2.75, 3.05) is 6.61 Å². The Labute approximate surface area is 156 Å². The Kier molecular flexibility index (Phi) is 4.42. The minimum atomic E-state index is -0.735. The molecular weight excluding hydrogens is 404 g/mol. The quantitative estimate of drug-likeness (QED) is 0.519. The summed E-state index contributed by atoms with van der Waals surface area (Å²) in [5.74, 6) is 0.872. The zero-order chi connectivity index (χ0) is 17.2. The van der Waals surface area contributed by atoms with Crippen LogP contribution >= 0.6 is 27.3 Å². The zero-order valence-electron chi connectivity index (χ0n) is 12.9. The fourth-order valence-electron chi connectivity index (χ4n) is 2.51. The highest BCUT2D eigenvalue weighted by molar-refractivity contribution is 9.10. The summed E-state index contributed by atoms with van der Waals surface area (Å²) in [4.78, 5) is 13.2. The standard InChI is InChI=1S/C18H13BrN2O3S/c19-13-7-14(25-10-13)8-20-21-18(22)17-9-23-15-5-11-3-1-2-4-12(11)6-16(15)24-17/h1-8,10,17H,9H2,(H,21,22). The van der Waals surface area contributed by atoms with Gasteiger partial charge in [0.25, 0.3) is 5.91 Å². The van der Waals surface area contributed by atoms with E-state index in [2.05, 4.69) is 26.5 Å². The molecule has 0 saturated carbocycles. The smallest absolute Gasteiger partial charge is 0.284 e. The van der Waals surface area contributed by atoms with Crippen molar-refractivity contribution in [2.24, 2.45) is 5.10 Å². The van der Waals surface area contributed by atoms with Crippen molar-refractivity contribution >= 4 is 50.2 Å². The molecule has 1 amide bonds. The van der Waals surface area contributed by atoms with Gasteiger partial charge in [0.05, 0.1) is 6.21 Å². The number of halogens is 1. The second kappa shape index (κ2) is 6.85. The van der Waals surface area contributed by atoms with Crippen LogP contribution in [0.15, 0.2) is 57.4 Å². The maximum atomic E-state index is 12.2. The number of benzene rings is 2. The number of thiophene rings is 1. The topological polar surface area (TPSA) is 59.9 Å². The van der Waals surface area contributed by atoms with E-state index in [4.69, 9.17) is 9.47 Å². The van der Waals surface area contributed by atoms with Gasteiger partial charge in [-0.15, -0.1) is 11.3 Å². The molecule has 0 radical (unpaired) electrons. The molecule has 7 heteroatoms. The number of nitrogens with zero attached hydrogens (tertiary/aromatic N) is 1. The molecule has 2 aromatic carbocycles. The Hall–Kier alpha value is -2.38. The minimum absolute atomic E-state index is 0.150. The van der Waals surface area contributed by atoms with Crippen molar-refractivity contribution in [2.45, 2.75) is 6.10 Å². The molecule has 4 rings (SSSR count). The fourth-order valence-corrected chi connectivity index (χ4v) is 3.82. The van der Waals surface area contributed by atoms with E-state index in [1.54, 1.807) is 6.21 Å². The van der Waals surface area contributed by atoms with Crippen LogP contribution in [-0.4, -0.2) is 24.8 Å². The summed E-state index contributed by atoms with van der Waals surface area (Å²) < 4.78 is 12.5. The summed E-state index contributed by atoms with van der Waals surface area (Å²) in [6, 6.07) is 13.7. The number of ether oxygens (including phenoxy) is 2. The van der Waals surface area contributed by atoms with Gasteiger partial charge in [-0.3, -0.25) is 4.79 Å². The lowest BCUT2D eigenvalue weighted by atomic mass is 10.1. The van der Waals surface area contributed by atoms with Crippen molar-refractivity contribution in [3.05, 3.63) is 57.2 Å². The number of hydrogen-bond donors (Lipinski definition) is 1. The van der Waals surface area contributed by atoms with E-state index < -0.39 is 6.10 Å². The molecule has 5 nitrogen and oxygen atoms in total. The fraction of sp³-hybridized carbons (Fsp3) is 0.111. The Morgan fingerprint density at radius 2 is 2.00 bits per heavy atom. The lowest BCUT2D eigenvalue weighted by Gasteiger charge is -2.25. The highest BCUT2D eigenvalue weighted by Crippen LogP contribution is 2.35. The van der Waals surface area contributed by atoms with Gasteiger partial charge < -0.3 is 9.47 Å². The van der Waals surface area contributed by atoms with E-state index in [1.807, 2.05) is 47.8 Å². The summed E-state index contributed by atoms with van der Waals surface area (Å²) >= 11 is 4.90. The maximum Gasteiger partial charge on any atom is 0.284 e. The third kappa shape index (κ3) is 3.52. The summed E-state index contributed by atoms with van der Waals surface area (Å²) in [6.07, 6.45) is 0.860. The third-order valence-electron chi connectivity index (χ3n) is 3.72. The number of fused-ring (bicyclic) bond motifs is 2. The van der Waals surface area contributed by atoms with Crippen molar-refractivity contribution in [3.63, 3.8) is 0 Å². The van der Waals surface area contributed by atoms with Crippen molar-refractivity contribution < 1.29 is 14.3 Å². The van der Waals surface area contributed by atoms with Crippen LogP contribution in [0.5, 0.6) is 11.5 Å². The lowest BCUT2D eigenvalue weighted by molar-refractivity contribution is -0.130. The van der Waals surface area contributed by atoms with Crippen LogP contribution < -0.4 is 14.9 Å². The van der Waals surface area contributed by atoms with Gasteiger partial charge in [0.1, 0.15) is 6.61 Å². The van der Waals surface area contributed by atoms with E-state index >= 15 is 0 Å². The molecule has 3 aromatic rings. The van der Waals surface area contributed by atoms with Gasteiger partial charge in [-0.25, -0.2) is 5.43 Å². The van der Waals surface area contributed by atoms with Gasteiger partial charge in [0.2, 0.25) is 6.10 Å². The normalized spacial score (nSPS) is 16.3. The molecule has 1 aromatic heterocycles.